The van der Waals surface area contributed by atoms with E-state index in [0.717, 1.165) is 6.07 Å². The van der Waals surface area contributed by atoms with Gasteiger partial charge in [0, 0.05) is 67.2 Å². The molecule has 0 radical (unpaired) electrons. The number of phenolic OH excluding ortho intramolecular Hbond substituents is 3. The Kier molecular flexibility index (Phi) is 13.4. The molecule has 9 atom stereocenters. The molecule has 1 amide bonds. The molecule has 5 rings (SSSR count). The van der Waals surface area contributed by atoms with E-state index in [9.17, 15) is 39.9 Å². The van der Waals surface area contributed by atoms with Gasteiger partial charge in [-0.3, -0.25) is 14.4 Å². The second-order valence-corrected chi connectivity index (χ2v) is 13.4. The van der Waals surface area contributed by atoms with Crippen LogP contribution in [-0.4, -0.2) is 80.5 Å². The molecule has 13 nitrogen and oxygen atoms in total. The monoisotopic (exact) mass is 721 g/mol. The maximum Gasteiger partial charge on any atom is 1.00 e. The fourth-order valence-corrected chi connectivity index (χ4v) is 6.65. The molecule has 2 aromatic rings. The molecule has 2 aromatic carbocycles. The summed E-state index contributed by atoms with van der Waals surface area (Å²) in [5, 5.41) is 58.2. The summed E-state index contributed by atoms with van der Waals surface area (Å²) in [5.41, 5.74) is -0.0929. The zero-order valence-electron chi connectivity index (χ0n) is 31.7. The number of methoxy groups -OCH3 is 1. The number of nitrogens with one attached hydrogen (secondary N) is 1. The van der Waals surface area contributed by atoms with Gasteiger partial charge in [0.05, 0.1) is 41.2 Å². The number of benzene rings is 2. The molecule has 274 valence electrons. The molecule has 0 spiro atoms. The summed E-state index contributed by atoms with van der Waals surface area (Å²) < 4.78 is 23.2. The second kappa shape index (κ2) is 16.4. The van der Waals surface area contributed by atoms with Crippen LogP contribution in [0, 0.1) is 30.6 Å². The van der Waals surface area contributed by atoms with Crippen molar-refractivity contribution in [3.05, 3.63) is 53.3 Å². The van der Waals surface area contributed by atoms with Crippen LogP contribution >= 0.6 is 0 Å². The number of allylic oxidation sites excluding steroid dienone is 2. The second-order valence-electron chi connectivity index (χ2n) is 13.4. The molecule has 3 aliphatic heterocycles. The number of phenols is 3. The maximum absolute atomic E-state index is 13.9. The van der Waals surface area contributed by atoms with E-state index in [1.807, 2.05) is 0 Å². The third kappa shape index (κ3) is 8.08. The van der Waals surface area contributed by atoms with Gasteiger partial charge in [0.1, 0.15) is 23.4 Å². The zero-order chi connectivity index (χ0) is 37.4. The Bertz CT molecular complexity index is 1780. The van der Waals surface area contributed by atoms with Gasteiger partial charge in [-0.15, -0.1) is 0 Å². The van der Waals surface area contributed by atoms with Crippen LogP contribution in [0.3, 0.4) is 0 Å². The number of carbonyl (C=O) groups excluding carboxylic acids is 3. The summed E-state index contributed by atoms with van der Waals surface area (Å²) in [7, 11) is 1.43. The van der Waals surface area contributed by atoms with Crippen LogP contribution in [0.1, 0.15) is 65.8 Å². The molecule has 0 fully saturated rings. The number of anilines is 1. The fraction of sp³-hybridized carbons (Fsp3) is 0.486. The van der Waals surface area contributed by atoms with E-state index in [4.69, 9.17) is 18.9 Å². The molecule has 0 saturated carbocycles. The number of hydrogen-bond acceptors (Lipinski definition) is 12. The number of aliphatic hydroxyl groups is 2. The molecule has 6 N–H and O–H groups in total. The zero-order valence-corrected chi connectivity index (χ0v) is 32.7. The van der Waals surface area contributed by atoms with Crippen LogP contribution in [0.2, 0.25) is 0 Å². The van der Waals surface area contributed by atoms with Crippen molar-refractivity contribution >= 4 is 34.1 Å². The molecule has 0 saturated heterocycles. The van der Waals surface area contributed by atoms with Gasteiger partial charge in [-0.2, -0.15) is 0 Å². The predicted molar refractivity (Wildman–Crippen MR) is 185 cm³/mol. The number of hydrogen-bond donors (Lipinski definition) is 6. The van der Waals surface area contributed by atoms with E-state index in [0.29, 0.717) is 0 Å². The van der Waals surface area contributed by atoms with Crippen LogP contribution in [-0.2, 0) is 23.8 Å². The summed E-state index contributed by atoms with van der Waals surface area (Å²) in [5.74, 6) is -7.99. The number of rotatable bonds is 2. The normalized spacial score (nSPS) is 32.6. The minimum Gasteiger partial charge on any atom is -1.00 e. The summed E-state index contributed by atoms with van der Waals surface area (Å²) in [6, 6.07) is 1.06. The number of esters is 1. The van der Waals surface area contributed by atoms with Crippen molar-refractivity contribution in [2.75, 3.05) is 12.4 Å². The van der Waals surface area contributed by atoms with Crippen LogP contribution in [0.15, 0.2) is 42.2 Å². The van der Waals surface area contributed by atoms with E-state index in [1.165, 1.54) is 53.2 Å². The molecule has 0 unspecified atom stereocenters. The summed E-state index contributed by atoms with van der Waals surface area (Å²) in [6.07, 6.45) is 3.62. The number of aliphatic hydroxyl groups excluding tert-OH is 2. The quantitative estimate of drug-likeness (QED) is 0.114. The van der Waals surface area contributed by atoms with Crippen LogP contribution in [0.25, 0.3) is 10.8 Å². The largest absolute Gasteiger partial charge is 1.00 e. The van der Waals surface area contributed by atoms with E-state index >= 15 is 0 Å². The first kappa shape index (κ1) is 41.8. The Balaban J connectivity index is 0.00000468. The van der Waals surface area contributed by atoms with Gasteiger partial charge in [-0.05, 0) is 19.9 Å². The Labute approximate surface area is 320 Å². The first-order valence-corrected chi connectivity index (χ1v) is 16.4. The molecule has 3 aliphatic rings. The molecule has 0 aliphatic carbocycles. The van der Waals surface area contributed by atoms with Gasteiger partial charge in [-0.1, -0.05) is 45.9 Å². The fourth-order valence-electron chi connectivity index (χ4n) is 6.65. The Hall–Kier alpha value is -3.59. The SMILES string of the molecule is CO[C@H]1/C=C\O[C@@]2(C)Oc3c(C)c(O)c4c(O)c(cc(O)c4c3C2=O)NC(=O)/C(C)=C\C=C/[C@H](C)[C@H](O)[C@@H](C)[C@@H](O)[C@@H](C)[C@H](OC(C)=O)[C@@H]1C.[H-].[Na+]. The number of amides is 1. The van der Waals surface area contributed by atoms with Gasteiger partial charge in [0.25, 0.3) is 11.7 Å². The molecule has 0 aromatic heterocycles. The number of fused-ring (bicyclic) bond motifs is 14. The molecule has 14 heteroatoms. The minimum absolute atomic E-state index is 0. The van der Waals surface area contributed by atoms with E-state index in [-0.39, 0.29) is 69.9 Å². The molecule has 5 bridgehead atoms. The third-order valence-corrected chi connectivity index (χ3v) is 9.84. The van der Waals surface area contributed by atoms with Gasteiger partial charge < -0.3 is 51.2 Å². The van der Waals surface area contributed by atoms with Gasteiger partial charge in [0.15, 0.2) is 5.75 Å². The number of ether oxygens (including phenoxy) is 4. The predicted octanol–water partition coefficient (Wildman–Crippen LogP) is 1.87. The number of aromatic hydroxyl groups is 3. The molecule has 51 heavy (non-hydrogen) atoms. The average molecular weight is 722 g/mol. The van der Waals surface area contributed by atoms with Crippen molar-refractivity contribution in [2.24, 2.45) is 23.7 Å². The van der Waals surface area contributed by atoms with Crippen molar-refractivity contribution in [1.82, 2.24) is 0 Å². The number of Topliss-reactive ketones (excluding diaryl/α,β-unsaturated/α-hetero) is 1. The maximum atomic E-state index is 13.9. The van der Waals surface area contributed by atoms with Crippen LogP contribution < -0.4 is 39.6 Å². The van der Waals surface area contributed by atoms with Crippen LogP contribution in [0.4, 0.5) is 5.69 Å². The Morgan fingerprint density at radius 3 is 2.22 bits per heavy atom. The van der Waals surface area contributed by atoms with Gasteiger partial charge in [-0.25, -0.2) is 0 Å². The average Bonchev–Trinajstić information content (AvgIpc) is 3.33. The first-order chi connectivity index (χ1) is 23.4. The van der Waals surface area contributed by atoms with E-state index in [2.05, 4.69) is 5.32 Å². The first-order valence-electron chi connectivity index (χ1n) is 16.4. The van der Waals surface area contributed by atoms with Crippen molar-refractivity contribution < 1.29 is 89.8 Å². The van der Waals surface area contributed by atoms with Crippen LogP contribution in [0.5, 0.6) is 23.0 Å². The van der Waals surface area contributed by atoms with Gasteiger partial charge >= 0.3 is 41.3 Å². The van der Waals surface area contributed by atoms with Crippen molar-refractivity contribution in [3.63, 3.8) is 0 Å². The third-order valence-electron chi connectivity index (χ3n) is 9.84. The van der Waals surface area contributed by atoms with Crippen molar-refractivity contribution in [3.8, 4) is 23.0 Å². The summed E-state index contributed by atoms with van der Waals surface area (Å²) >= 11 is 0. The standard InChI is InChI=1S/C37H47NO12.Na.H/c1-16-11-10-12-17(2)36(46)38-23-15-24(40)26-27(32(23)44)31(43)21(6)34-28(26)35(45)37(8,50-34)48-14-13-25(47-9)18(3)33(49-22(7)39)20(5)30(42)19(4)29(16)41;;/h10-16,18-20,25,29-30,33,40-44H,1-9H3,(H,38,46);;/q;+1;-1/b11-10-,14-13-,17-12-;;/t16-,18+,19+,20+,25-,29-,30+,33+,37-;;/m0../s1. The molecular formula is C37H48NNaO12. The molecular weight excluding hydrogens is 673 g/mol. The Morgan fingerprint density at radius 2 is 1.61 bits per heavy atom. The minimum atomic E-state index is -1.98. The summed E-state index contributed by atoms with van der Waals surface area (Å²) in [4.78, 5) is 39.2. The van der Waals surface area contributed by atoms with E-state index in [1.54, 1.807) is 39.8 Å². The van der Waals surface area contributed by atoms with Crippen molar-refractivity contribution in [1.29, 1.82) is 0 Å². The van der Waals surface area contributed by atoms with E-state index < -0.39 is 88.8 Å². The number of carbonyl (C=O) groups is 3. The Morgan fingerprint density at radius 1 is 0.961 bits per heavy atom. The molecule has 3 heterocycles. The summed E-state index contributed by atoms with van der Waals surface area (Å²) in [6.45, 7) is 12.5. The van der Waals surface area contributed by atoms with Gasteiger partial charge in [0.2, 0.25) is 0 Å². The van der Waals surface area contributed by atoms with Crippen molar-refractivity contribution in [2.45, 2.75) is 85.6 Å². The number of ketones is 1. The topological polar surface area (TPSA) is 201 Å². The smallest absolute Gasteiger partial charge is 1.00 e.